The normalized spacial score (nSPS) is 11.6. The van der Waals surface area contributed by atoms with Gasteiger partial charge in [-0.05, 0) is 6.26 Å². The van der Waals surface area contributed by atoms with E-state index in [1.165, 1.54) is 18.9 Å². The summed E-state index contributed by atoms with van der Waals surface area (Å²) in [7, 11) is 1.47. The number of aromatic nitrogens is 2. The van der Waals surface area contributed by atoms with E-state index in [2.05, 4.69) is 15.3 Å². The zero-order valence-electron chi connectivity index (χ0n) is 9.34. The quantitative estimate of drug-likeness (QED) is 0.504. The van der Waals surface area contributed by atoms with Crippen LogP contribution in [0, 0.1) is 0 Å². The topological polar surface area (TPSA) is 47.0 Å². The maximum atomic E-state index is 12.6. The van der Waals surface area contributed by atoms with E-state index < -0.39 is 11.7 Å². The minimum atomic E-state index is -4.47. The van der Waals surface area contributed by atoms with Crippen LogP contribution in [-0.4, -0.2) is 36.5 Å². The molecule has 1 rings (SSSR count). The summed E-state index contributed by atoms with van der Waals surface area (Å²) in [5, 5.41) is 2.88. The average Bonchev–Trinajstić information content (AvgIpc) is 2.28. The third-order valence-corrected chi connectivity index (χ3v) is 2.42. The molecule has 0 aliphatic rings. The summed E-state index contributed by atoms with van der Waals surface area (Å²) in [5.74, 6) is -0.214. The largest absolute Gasteiger partial charge is 0.421 e. The van der Waals surface area contributed by atoms with E-state index >= 15 is 0 Å². The van der Waals surface area contributed by atoms with Gasteiger partial charge in [0, 0.05) is 19.9 Å². The molecular formula is C9H12F3N3OS. The number of hydrogen-bond donors (Lipinski definition) is 1. The van der Waals surface area contributed by atoms with Crippen molar-refractivity contribution >= 4 is 17.6 Å². The first-order valence-electron chi connectivity index (χ1n) is 4.70. The molecule has 0 unspecified atom stereocenters. The number of methoxy groups -OCH3 is 1. The van der Waals surface area contributed by atoms with E-state index in [0.717, 1.165) is 6.20 Å². The maximum absolute atomic E-state index is 12.6. The summed E-state index contributed by atoms with van der Waals surface area (Å²) >= 11 is 1.18. The highest BCUT2D eigenvalue weighted by atomic mass is 32.2. The van der Waals surface area contributed by atoms with Gasteiger partial charge in [-0.25, -0.2) is 9.97 Å². The molecule has 0 saturated carbocycles. The third kappa shape index (κ3) is 4.04. The zero-order chi connectivity index (χ0) is 12.9. The Hall–Kier alpha value is -1.02. The third-order valence-electron chi connectivity index (χ3n) is 1.85. The molecule has 0 spiro atoms. The van der Waals surface area contributed by atoms with Crippen molar-refractivity contribution < 1.29 is 17.9 Å². The lowest BCUT2D eigenvalue weighted by Gasteiger charge is -2.13. The number of ether oxygens (including phenoxy) is 1. The van der Waals surface area contributed by atoms with Gasteiger partial charge < -0.3 is 10.1 Å². The molecule has 4 nitrogen and oxygen atoms in total. The van der Waals surface area contributed by atoms with E-state index in [4.69, 9.17) is 4.74 Å². The molecule has 0 radical (unpaired) electrons. The lowest BCUT2D eigenvalue weighted by atomic mass is 10.3. The van der Waals surface area contributed by atoms with E-state index in [-0.39, 0.29) is 17.5 Å². The number of nitrogens with one attached hydrogen (secondary N) is 1. The Labute approximate surface area is 101 Å². The molecule has 0 amide bonds. The van der Waals surface area contributed by atoms with Crippen molar-refractivity contribution in [3.05, 3.63) is 11.8 Å². The lowest BCUT2D eigenvalue weighted by molar-refractivity contribution is -0.137. The summed E-state index contributed by atoms with van der Waals surface area (Å²) in [4.78, 5) is 7.41. The van der Waals surface area contributed by atoms with Crippen molar-refractivity contribution in [3.63, 3.8) is 0 Å². The fourth-order valence-electron chi connectivity index (χ4n) is 1.08. The molecule has 0 saturated heterocycles. The predicted octanol–water partition coefficient (Wildman–Crippen LogP) is 2.28. The van der Waals surface area contributed by atoms with Crippen molar-refractivity contribution in [2.24, 2.45) is 0 Å². The number of anilines is 1. The second-order valence-corrected chi connectivity index (χ2v) is 3.81. The Kier molecular flexibility index (Phi) is 5.01. The van der Waals surface area contributed by atoms with Crippen LogP contribution < -0.4 is 5.32 Å². The number of halogens is 3. The van der Waals surface area contributed by atoms with Gasteiger partial charge in [-0.15, -0.1) is 0 Å². The van der Waals surface area contributed by atoms with Crippen LogP contribution in [-0.2, 0) is 10.9 Å². The van der Waals surface area contributed by atoms with Gasteiger partial charge in [0.25, 0.3) is 0 Å². The Morgan fingerprint density at radius 3 is 2.71 bits per heavy atom. The van der Waals surface area contributed by atoms with Crippen LogP contribution in [0.1, 0.15) is 5.56 Å². The van der Waals surface area contributed by atoms with Crippen molar-refractivity contribution in [3.8, 4) is 0 Å². The summed E-state index contributed by atoms with van der Waals surface area (Å²) in [6.07, 6.45) is -1.98. The first-order valence-corrected chi connectivity index (χ1v) is 5.92. The van der Waals surface area contributed by atoms with Crippen LogP contribution in [0.15, 0.2) is 11.4 Å². The molecule has 0 bridgehead atoms. The highest BCUT2D eigenvalue weighted by Crippen LogP contribution is 2.33. The smallest absolute Gasteiger partial charge is 0.383 e. The van der Waals surface area contributed by atoms with Gasteiger partial charge in [0.1, 0.15) is 11.4 Å². The van der Waals surface area contributed by atoms with Crippen LogP contribution >= 0.6 is 11.8 Å². The monoisotopic (exact) mass is 267 g/mol. The van der Waals surface area contributed by atoms with Crippen LogP contribution in [0.2, 0.25) is 0 Å². The van der Waals surface area contributed by atoms with E-state index in [9.17, 15) is 13.2 Å². The zero-order valence-corrected chi connectivity index (χ0v) is 10.2. The van der Waals surface area contributed by atoms with Gasteiger partial charge in [0.15, 0.2) is 5.16 Å². The number of alkyl halides is 3. The van der Waals surface area contributed by atoms with Crippen LogP contribution in [0.5, 0.6) is 0 Å². The molecule has 0 aliphatic carbocycles. The Bertz CT molecular complexity index is 373. The molecule has 0 aliphatic heterocycles. The molecule has 1 aromatic rings. The van der Waals surface area contributed by atoms with Gasteiger partial charge >= 0.3 is 6.18 Å². The van der Waals surface area contributed by atoms with Gasteiger partial charge in [-0.3, -0.25) is 0 Å². The minimum Gasteiger partial charge on any atom is -0.383 e. The van der Waals surface area contributed by atoms with Gasteiger partial charge in [0.05, 0.1) is 6.61 Å². The Morgan fingerprint density at radius 1 is 1.47 bits per heavy atom. The second-order valence-electron chi connectivity index (χ2n) is 3.04. The number of thioether (sulfide) groups is 1. The number of nitrogens with zero attached hydrogens (tertiary/aromatic N) is 2. The van der Waals surface area contributed by atoms with E-state index in [0.29, 0.717) is 6.61 Å². The standard InChI is InChI=1S/C9H12F3N3OS/c1-16-4-3-13-7-6(9(10,11)12)5-14-8(15-7)17-2/h5H,3-4H2,1-2H3,(H,13,14,15). The molecule has 0 aromatic carbocycles. The first kappa shape index (κ1) is 14.0. The Balaban J connectivity index is 2.95. The lowest BCUT2D eigenvalue weighted by Crippen LogP contribution is -2.16. The van der Waals surface area contributed by atoms with Crippen molar-refractivity contribution in [1.29, 1.82) is 0 Å². The number of rotatable bonds is 5. The molecular weight excluding hydrogens is 255 g/mol. The summed E-state index contributed by atoms with van der Waals surface area (Å²) in [5.41, 5.74) is -0.869. The molecule has 1 N–H and O–H groups in total. The van der Waals surface area contributed by atoms with E-state index in [1.54, 1.807) is 6.26 Å². The molecule has 96 valence electrons. The molecule has 0 atom stereocenters. The average molecular weight is 267 g/mol. The number of hydrogen-bond acceptors (Lipinski definition) is 5. The second kappa shape index (κ2) is 6.06. The fraction of sp³-hybridized carbons (Fsp3) is 0.556. The predicted molar refractivity (Wildman–Crippen MR) is 59.2 cm³/mol. The summed E-state index contributed by atoms with van der Waals surface area (Å²) in [6.45, 7) is 0.556. The molecule has 1 aromatic heterocycles. The molecule has 1 heterocycles. The summed E-state index contributed by atoms with van der Waals surface area (Å²) in [6, 6.07) is 0. The fourth-order valence-corrected chi connectivity index (χ4v) is 1.42. The summed E-state index contributed by atoms with van der Waals surface area (Å²) < 4.78 is 42.7. The van der Waals surface area contributed by atoms with Crippen LogP contribution in [0.4, 0.5) is 19.0 Å². The van der Waals surface area contributed by atoms with Crippen molar-refractivity contribution in [2.45, 2.75) is 11.3 Å². The highest BCUT2D eigenvalue weighted by molar-refractivity contribution is 7.98. The van der Waals surface area contributed by atoms with Crippen LogP contribution in [0.25, 0.3) is 0 Å². The molecule has 8 heteroatoms. The SMILES string of the molecule is COCCNc1nc(SC)ncc1C(F)(F)F. The van der Waals surface area contributed by atoms with Gasteiger partial charge in [-0.2, -0.15) is 13.2 Å². The van der Waals surface area contributed by atoms with Gasteiger partial charge in [0.2, 0.25) is 0 Å². The van der Waals surface area contributed by atoms with E-state index in [1.807, 2.05) is 0 Å². The first-order chi connectivity index (χ1) is 7.99. The van der Waals surface area contributed by atoms with Crippen molar-refractivity contribution in [2.75, 3.05) is 31.8 Å². The Morgan fingerprint density at radius 2 is 2.18 bits per heavy atom. The maximum Gasteiger partial charge on any atom is 0.421 e. The van der Waals surface area contributed by atoms with Crippen molar-refractivity contribution in [1.82, 2.24) is 9.97 Å². The van der Waals surface area contributed by atoms with Crippen LogP contribution in [0.3, 0.4) is 0 Å². The van der Waals surface area contributed by atoms with Gasteiger partial charge in [-0.1, -0.05) is 11.8 Å². The minimum absolute atomic E-state index is 0.214. The molecule has 17 heavy (non-hydrogen) atoms. The molecule has 0 fully saturated rings. The highest BCUT2D eigenvalue weighted by Gasteiger charge is 2.35.